The van der Waals surface area contributed by atoms with Crippen molar-refractivity contribution in [3.8, 4) is 0 Å². The number of carbonyl (C=O) groups is 2. The second-order valence-electron chi connectivity index (χ2n) is 6.57. The molecule has 3 aromatic rings. The van der Waals surface area contributed by atoms with E-state index in [0.29, 0.717) is 11.7 Å². The summed E-state index contributed by atoms with van der Waals surface area (Å²) in [5.41, 5.74) is -0.234. The van der Waals surface area contributed by atoms with Crippen molar-refractivity contribution in [2.45, 2.75) is 6.54 Å². The second-order valence-corrected chi connectivity index (χ2v) is 6.57. The van der Waals surface area contributed by atoms with Gasteiger partial charge in [-0.2, -0.15) is 5.10 Å². The van der Waals surface area contributed by atoms with E-state index in [1.54, 1.807) is 4.90 Å². The molecule has 2 aromatic heterocycles. The lowest BCUT2D eigenvalue weighted by atomic mass is 10.1. The summed E-state index contributed by atoms with van der Waals surface area (Å²) in [6, 6.07) is 2.81. The maximum absolute atomic E-state index is 13.8. The minimum atomic E-state index is -0.915. The van der Waals surface area contributed by atoms with E-state index in [9.17, 15) is 23.2 Å². The second kappa shape index (κ2) is 7.41. The molecule has 9 nitrogen and oxygen atoms in total. The van der Waals surface area contributed by atoms with Crippen LogP contribution < -0.4 is 5.56 Å². The Morgan fingerprint density at radius 3 is 2.55 bits per heavy atom. The van der Waals surface area contributed by atoms with Crippen molar-refractivity contribution < 1.29 is 18.4 Å². The van der Waals surface area contributed by atoms with E-state index in [0.717, 1.165) is 12.1 Å². The SMILES string of the molecule is O=C(Cn1ncc2c(=O)[nH]cnc21)N1CCN(C(=O)c2ccc(F)cc2F)CC1. The van der Waals surface area contributed by atoms with Crippen LogP contribution in [0.4, 0.5) is 8.78 Å². The lowest BCUT2D eigenvalue weighted by molar-refractivity contribution is -0.133. The number of halogens is 2. The number of fused-ring (bicyclic) bond motifs is 1. The first-order valence-corrected chi connectivity index (χ1v) is 8.85. The first kappa shape index (κ1) is 18.7. The van der Waals surface area contributed by atoms with Gasteiger partial charge >= 0.3 is 0 Å². The first-order valence-electron chi connectivity index (χ1n) is 8.85. The maximum Gasteiger partial charge on any atom is 0.261 e. The number of aromatic nitrogens is 4. The molecule has 1 N–H and O–H groups in total. The van der Waals surface area contributed by atoms with Gasteiger partial charge in [-0.05, 0) is 12.1 Å². The summed E-state index contributed by atoms with van der Waals surface area (Å²) in [5, 5.41) is 4.33. The zero-order valence-electron chi connectivity index (χ0n) is 15.1. The topological polar surface area (TPSA) is 104 Å². The number of aromatic amines is 1. The van der Waals surface area contributed by atoms with Crippen molar-refractivity contribution in [3.05, 3.63) is 58.3 Å². The molecule has 1 aliphatic rings. The van der Waals surface area contributed by atoms with E-state index in [1.165, 1.54) is 22.1 Å². The normalized spacial score (nSPS) is 14.4. The van der Waals surface area contributed by atoms with Crippen LogP contribution in [0, 0.1) is 11.6 Å². The molecular weight excluding hydrogens is 386 g/mol. The predicted octanol–water partition coefficient (Wildman–Crippen LogP) is 0.382. The van der Waals surface area contributed by atoms with Crippen molar-refractivity contribution in [1.82, 2.24) is 29.5 Å². The van der Waals surface area contributed by atoms with E-state index >= 15 is 0 Å². The Bertz CT molecular complexity index is 1150. The Hall–Kier alpha value is -3.63. The Morgan fingerprint density at radius 2 is 1.83 bits per heavy atom. The Labute approximate surface area is 162 Å². The number of nitrogens with zero attached hydrogens (tertiary/aromatic N) is 5. The largest absolute Gasteiger partial charge is 0.338 e. The molecule has 1 fully saturated rings. The zero-order valence-corrected chi connectivity index (χ0v) is 15.1. The monoisotopic (exact) mass is 402 g/mol. The third-order valence-corrected chi connectivity index (χ3v) is 4.80. The lowest BCUT2D eigenvalue weighted by Crippen LogP contribution is -2.51. The van der Waals surface area contributed by atoms with Gasteiger partial charge in [0.2, 0.25) is 5.91 Å². The number of rotatable bonds is 3. The van der Waals surface area contributed by atoms with Crippen molar-refractivity contribution in [2.24, 2.45) is 0 Å². The van der Waals surface area contributed by atoms with Crippen molar-refractivity contribution in [1.29, 1.82) is 0 Å². The van der Waals surface area contributed by atoms with Crippen LogP contribution in [-0.2, 0) is 11.3 Å². The van der Waals surface area contributed by atoms with Crippen LogP contribution in [0.25, 0.3) is 11.0 Å². The smallest absolute Gasteiger partial charge is 0.261 e. The maximum atomic E-state index is 13.8. The third kappa shape index (κ3) is 3.58. The fourth-order valence-electron chi connectivity index (χ4n) is 3.24. The highest BCUT2D eigenvalue weighted by atomic mass is 19.1. The molecule has 1 aliphatic heterocycles. The van der Waals surface area contributed by atoms with E-state index in [-0.39, 0.29) is 55.1 Å². The highest BCUT2D eigenvalue weighted by Crippen LogP contribution is 2.14. The molecule has 3 heterocycles. The van der Waals surface area contributed by atoms with Crippen LogP contribution in [0.15, 0.2) is 35.5 Å². The van der Waals surface area contributed by atoms with Crippen molar-refractivity contribution in [2.75, 3.05) is 26.2 Å². The number of H-pyrrole nitrogens is 1. The lowest BCUT2D eigenvalue weighted by Gasteiger charge is -2.34. The Balaban J connectivity index is 1.40. The molecule has 0 spiro atoms. The van der Waals surface area contributed by atoms with Gasteiger partial charge in [0.1, 0.15) is 23.6 Å². The summed E-state index contributed by atoms with van der Waals surface area (Å²) in [6.45, 7) is 0.875. The summed E-state index contributed by atoms with van der Waals surface area (Å²) in [7, 11) is 0. The molecule has 4 rings (SSSR count). The molecule has 150 valence electrons. The van der Waals surface area contributed by atoms with Gasteiger partial charge in [0.15, 0.2) is 5.65 Å². The minimum absolute atomic E-state index is 0.0967. The minimum Gasteiger partial charge on any atom is -0.338 e. The standard InChI is InChI=1S/C18H16F2N6O3/c19-11-1-2-12(14(20)7-11)18(29)25-5-3-24(4-6-25)15(27)9-26-16-13(8-23-26)17(28)22-10-21-16/h1-2,7-8,10H,3-6,9H2,(H,21,22,28). The third-order valence-electron chi connectivity index (χ3n) is 4.80. The number of carbonyl (C=O) groups excluding carboxylic acids is 2. The van der Waals surface area contributed by atoms with Gasteiger partial charge in [0, 0.05) is 32.2 Å². The molecule has 0 unspecified atom stereocenters. The van der Waals surface area contributed by atoms with Gasteiger partial charge in [-0.15, -0.1) is 0 Å². The molecule has 0 aliphatic carbocycles. The summed E-state index contributed by atoms with van der Waals surface area (Å²) in [4.78, 5) is 46.2. The highest BCUT2D eigenvalue weighted by molar-refractivity contribution is 5.94. The van der Waals surface area contributed by atoms with Gasteiger partial charge < -0.3 is 14.8 Å². The van der Waals surface area contributed by atoms with Crippen LogP contribution in [0.3, 0.4) is 0 Å². The van der Waals surface area contributed by atoms with Crippen molar-refractivity contribution in [3.63, 3.8) is 0 Å². The van der Waals surface area contributed by atoms with Gasteiger partial charge in [-0.25, -0.2) is 18.4 Å². The van der Waals surface area contributed by atoms with Gasteiger partial charge in [-0.3, -0.25) is 14.4 Å². The number of piperazine rings is 1. The van der Waals surface area contributed by atoms with Crippen LogP contribution in [-0.4, -0.2) is 67.5 Å². The van der Waals surface area contributed by atoms with Crippen LogP contribution in [0.1, 0.15) is 10.4 Å². The quantitative estimate of drug-likeness (QED) is 0.682. The van der Waals surface area contributed by atoms with Gasteiger partial charge in [0.25, 0.3) is 11.5 Å². The molecule has 1 aromatic carbocycles. The van der Waals surface area contributed by atoms with E-state index in [1.807, 2.05) is 0 Å². The molecule has 0 radical (unpaired) electrons. The van der Waals surface area contributed by atoms with Crippen LogP contribution >= 0.6 is 0 Å². The summed E-state index contributed by atoms with van der Waals surface area (Å²) >= 11 is 0. The summed E-state index contributed by atoms with van der Waals surface area (Å²) in [6.07, 6.45) is 2.59. The van der Waals surface area contributed by atoms with Gasteiger partial charge in [0.05, 0.1) is 18.1 Å². The fraction of sp³-hybridized carbons (Fsp3) is 0.278. The van der Waals surface area contributed by atoms with Crippen molar-refractivity contribution >= 4 is 22.8 Å². The Kier molecular flexibility index (Phi) is 4.79. The van der Waals surface area contributed by atoms with Gasteiger partial charge in [-0.1, -0.05) is 0 Å². The van der Waals surface area contributed by atoms with E-state index in [2.05, 4.69) is 15.1 Å². The predicted molar refractivity (Wildman–Crippen MR) is 97.0 cm³/mol. The number of hydrogen-bond donors (Lipinski definition) is 1. The first-order chi connectivity index (χ1) is 13.9. The van der Waals surface area contributed by atoms with E-state index < -0.39 is 17.5 Å². The average Bonchev–Trinajstić information content (AvgIpc) is 3.12. The number of hydrogen-bond acceptors (Lipinski definition) is 5. The average molecular weight is 402 g/mol. The number of benzene rings is 1. The molecule has 29 heavy (non-hydrogen) atoms. The molecular formula is C18H16F2N6O3. The molecule has 0 bridgehead atoms. The summed E-state index contributed by atoms with van der Waals surface area (Å²) < 4.78 is 28.2. The zero-order chi connectivity index (χ0) is 20.5. The van der Waals surface area contributed by atoms with E-state index in [4.69, 9.17) is 0 Å². The Morgan fingerprint density at radius 1 is 1.10 bits per heavy atom. The summed E-state index contributed by atoms with van der Waals surface area (Å²) in [5.74, 6) is -2.45. The molecule has 0 atom stereocenters. The molecule has 2 amide bonds. The van der Waals surface area contributed by atoms with Crippen LogP contribution in [0.5, 0.6) is 0 Å². The molecule has 0 saturated carbocycles. The van der Waals surface area contributed by atoms with Crippen LogP contribution in [0.2, 0.25) is 0 Å². The molecule has 1 saturated heterocycles. The number of amides is 2. The fourth-order valence-corrected chi connectivity index (χ4v) is 3.24. The highest BCUT2D eigenvalue weighted by Gasteiger charge is 2.27. The number of nitrogens with one attached hydrogen (secondary N) is 1. The molecule has 11 heteroatoms.